The van der Waals surface area contributed by atoms with Crippen LogP contribution in [0.4, 0.5) is 0 Å². The minimum Gasteiger partial charge on any atom is -0.489 e. The van der Waals surface area contributed by atoms with Crippen LogP contribution in [0.1, 0.15) is 72.1 Å². The number of ether oxygens (including phenoxy) is 1. The zero-order chi connectivity index (χ0) is 20.6. The molecule has 29 heavy (non-hydrogen) atoms. The number of hydrogen-bond acceptors (Lipinski definition) is 4. The lowest BCUT2D eigenvalue weighted by Gasteiger charge is -2.64. The van der Waals surface area contributed by atoms with Gasteiger partial charge in [0.25, 0.3) is 0 Å². The minimum atomic E-state index is -0.267. The highest BCUT2D eigenvalue weighted by Gasteiger charge is 2.65. The Hall–Kier alpha value is -0.870. The Kier molecular flexibility index (Phi) is 4.71. The first-order chi connectivity index (χ1) is 13.8. The minimum absolute atomic E-state index is 0.0978. The zero-order valence-corrected chi connectivity index (χ0v) is 18.3. The molecule has 1 heterocycles. The Morgan fingerprint density at radius 1 is 1.03 bits per heavy atom. The van der Waals surface area contributed by atoms with Crippen molar-refractivity contribution < 1.29 is 19.7 Å². The maximum absolute atomic E-state index is 11.8. The van der Waals surface area contributed by atoms with E-state index in [1.165, 1.54) is 0 Å². The fourth-order valence-corrected chi connectivity index (χ4v) is 9.02. The van der Waals surface area contributed by atoms with Gasteiger partial charge in [-0.15, -0.1) is 0 Å². The summed E-state index contributed by atoms with van der Waals surface area (Å²) in [5.41, 5.74) is 0.358. The summed E-state index contributed by atoms with van der Waals surface area (Å²) in [5.74, 6) is 3.47. The molecule has 0 amide bonds. The molecule has 1 aliphatic heterocycles. The maximum atomic E-state index is 11.8. The van der Waals surface area contributed by atoms with Crippen LogP contribution >= 0.6 is 0 Å². The average Bonchev–Trinajstić information content (AvgIpc) is 3.26. The van der Waals surface area contributed by atoms with Crippen molar-refractivity contribution in [2.75, 3.05) is 6.61 Å². The molecule has 5 aliphatic rings. The van der Waals surface area contributed by atoms with Crippen LogP contribution in [0.2, 0.25) is 0 Å². The van der Waals surface area contributed by atoms with Gasteiger partial charge in [-0.05, 0) is 85.4 Å². The molecule has 2 unspecified atom stereocenters. The summed E-state index contributed by atoms with van der Waals surface area (Å²) in [4.78, 5) is 11.8. The van der Waals surface area contributed by atoms with Crippen molar-refractivity contribution in [1.29, 1.82) is 0 Å². The van der Waals surface area contributed by atoms with E-state index in [0.717, 1.165) is 57.1 Å². The first-order valence-electron chi connectivity index (χ1n) is 12.0. The molecule has 10 atom stereocenters. The summed E-state index contributed by atoms with van der Waals surface area (Å²) < 4.78 is 5.81. The average molecular weight is 403 g/mol. The van der Waals surface area contributed by atoms with Crippen LogP contribution in [0, 0.1) is 46.3 Å². The van der Waals surface area contributed by atoms with E-state index in [1.807, 2.05) is 0 Å². The summed E-state index contributed by atoms with van der Waals surface area (Å²) >= 11 is 0. The molecule has 0 bridgehead atoms. The number of fused-ring (bicyclic) bond motifs is 5. The van der Waals surface area contributed by atoms with Crippen molar-refractivity contribution >= 4 is 5.78 Å². The van der Waals surface area contributed by atoms with Crippen molar-refractivity contribution in [3.63, 3.8) is 0 Å². The molecule has 4 heteroatoms. The Labute approximate surface area is 175 Å². The van der Waals surface area contributed by atoms with Gasteiger partial charge in [-0.3, -0.25) is 4.79 Å². The van der Waals surface area contributed by atoms with E-state index >= 15 is 0 Å². The fraction of sp³-hybridized carbons (Fsp3) is 0.880. The molecule has 0 aromatic rings. The van der Waals surface area contributed by atoms with Gasteiger partial charge in [0.2, 0.25) is 0 Å². The third-order valence-corrected chi connectivity index (χ3v) is 10.4. The second kappa shape index (κ2) is 6.82. The lowest BCUT2D eigenvalue weighted by molar-refractivity contribution is -0.201. The maximum Gasteiger partial charge on any atom is 0.196 e. The number of aliphatic hydroxyl groups excluding tert-OH is 2. The Morgan fingerprint density at radius 2 is 1.76 bits per heavy atom. The predicted molar refractivity (Wildman–Crippen MR) is 111 cm³/mol. The van der Waals surface area contributed by atoms with Crippen molar-refractivity contribution in [2.24, 2.45) is 46.3 Å². The highest BCUT2D eigenvalue weighted by atomic mass is 16.5. The number of carbonyl (C=O) groups is 1. The second-order valence-electron chi connectivity index (χ2n) is 11.4. The summed E-state index contributed by atoms with van der Waals surface area (Å²) in [6.45, 7) is 7.32. The van der Waals surface area contributed by atoms with E-state index in [9.17, 15) is 15.0 Å². The van der Waals surface area contributed by atoms with Crippen LogP contribution in [0.3, 0.4) is 0 Å². The molecule has 4 nitrogen and oxygen atoms in total. The van der Waals surface area contributed by atoms with Gasteiger partial charge in [0.1, 0.15) is 5.76 Å². The van der Waals surface area contributed by atoms with E-state index < -0.39 is 0 Å². The van der Waals surface area contributed by atoms with Gasteiger partial charge < -0.3 is 14.9 Å². The van der Waals surface area contributed by atoms with Gasteiger partial charge in [0.15, 0.2) is 12.4 Å². The van der Waals surface area contributed by atoms with Crippen LogP contribution in [0.25, 0.3) is 0 Å². The van der Waals surface area contributed by atoms with Gasteiger partial charge in [0.05, 0.1) is 12.2 Å². The van der Waals surface area contributed by atoms with E-state index in [1.54, 1.807) is 6.08 Å². The summed E-state index contributed by atoms with van der Waals surface area (Å²) in [5, 5.41) is 22.1. The van der Waals surface area contributed by atoms with Gasteiger partial charge in [-0.25, -0.2) is 0 Å². The second-order valence-corrected chi connectivity index (χ2v) is 11.4. The molecule has 0 aromatic carbocycles. The molecule has 4 saturated carbocycles. The first kappa shape index (κ1) is 20.1. The Morgan fingerprint density at radius 3 is 2.45 bits per heavy atom. The molecular formula is C25H38O4. The molecule has 0 spiro atoms. The van der Waals surface area contributed by atoms with E-state index in [4.69, 9.17) is 4.74 Å². The third kappa shape index (κ3) is 2.74. The highest BCUT2D eigenvalue weighted by Crippen LogP contribution is 2.69. The topological polar surface area (TPSA) is 66.8 Å². The van der Waals surface area contributed by atoms with Crippen molar-refractivity contribution in [3.8, 4) is 0 Å². The number of carbonyl (C=O) groups excluding carboxylic acids is 1. The number of ketones is 1. The summed E-state index contributed by atoms with van der Waals surface area (Å²) in [6, 6.07) is 0. The summed E-state index contributed by atoms with van der Waals surface area (Å²) in [7, 11) is 0. The predicted octanol–water partition coefficient (Wildman–Crippen LogP) is 4.10. The van der Waals surface area contributed by atoms with E-state index in [2.05, 4.69) is 20.8 Å². The molecule has 0 aromatic heterocycles. The quantitative estimate of drug-likeness (QED) is 0.730. The zero-order valence-electron chi connectivity index (χ0n) is 18.3. The first-order valence-corrected chi connectivity index (χ1v) is 12.0. The standard InChI is InChI=1S/C25H38O4/c1-4-16-20-11-14(26)7-9-25(20,3)19-8-10-24(2)17(21-12-15(27)13-29-21)5-6-18(24)22(19)23(16)28/h12,14,16-20,22-23,26,28H,4-11,13H2,1-3H3/t14-,16-,17-,18?,19?,20+,22+,23-,24-,25-/m1/s1. The van der Waals surface area contributed by atoms with Crippen molar-refractivity contribution in [1.82, 2.24) is 0 Å². The lowest BCUT2D eigenvalue weighted by atomic mass is 9.41. The monoisotopic (exact) mass is 402 g/mol. The molecule has 4 fully saturated rings. The van der Waals surface area contributed by atoms with Crippen LogP contribution in [0.5, 0.6) is 0 Å². The molecule has 162 valence electrons. The molecule has 0 saturated heterocycles. The third-order valence-electron chi connectivity index (χ3n) is 10.4. The number of allylic oxidation sites excluding steroid dienone is 1. The number of aliphatic hydroxyl groups is 2. The molecule has 2 N–H and O–H groups in total. The van der Waals surface area contributed by atoms with Gasteiger partial charge in [-0.1, -0.05) is 27.2 Å². The number of hydrogen-bond donors (Lipinski definition) is 2. The van der Waals surface area contributed by atoms with E-state index in [0.29, 0.717) is 35.5 Å². The number of rotatable bonds is 2. The normalized spacial score (nSPS) is 54.2. The largest absolute Gasteiger partial charge is 0.489 e. The van der Waals surface area contributed by atoms with Crippen LogP contribution in [-0.2, 0) is 9.53 Å². The molecule has 4 aliphatic carbocycles. The highest BCUT2D eigenvalue weighted by molar-refractivity contribution is 5.93. The Bertz CT molecular complexity index is 716. The van der Waals surface area contributed by atoms with Gasteiger partial charge >= 0.3 is 0 Å². The van der Waals surface area contributed by atoms with E-state index in [-0.39, 0.29) is 35.4 Å². The van der Waals surface area contributed by atoms with Crippen LogP contribution in [0.15, 0.2) is 11.8 Å². The fourth-order valence-electron chi connectivity index (χ4n) is 9.02. The molecule has 0 radical (unpaired) electrons. The summed E-state index contributed by atoms with van der Waals surface area (Å²) in [6.07, 6.45) is 9.68. The van der Waals surface area contributed by atoms with Crippen LogP contribution < -0.4 is 0 Å². The van der Waals surface area contributed by atoms with Crippen molar-refractivity contribution in [3.05, 3.63) is 11.8 Å². The molecular weight excluding hydrogens is 364 g/mol. The molecule has 5 rings (SSSR count). The smallest absolute Gasteiger partial charge is 0.196 e. The Balaban J connectivity index is 1.50. The SMILES string of the molecule is CC[C@H]1[C@@H](O)[C@H]2C3CC[C@H](C4=CC(=O)CO4)[C@@]3(C)CCC2[C@@]2(C)CC[C@@H](O)C[C@@H]12. The lowest BCUT2D eigenvalue weighted by Crippen LogP contribution is -2.62. The van der Waals surface area contributed by atoms with Crippen LogP contribution in [-0.4, -0.2) is 34.8 Å². The van der Waals surface area contributed by atoms with Gasteiger partial charge in [0, 0.05) is 12.0 Å². The van der Waals surface area contributed by atoms with Gasteiger partial charge in [-0.2, -0.15) is 0 Å². The van der Waals surface area contributed by atoms with Crippen molar-refractivity contribution in [2.45, 2.75) is 84.3 Å².